The lowest BCUT2D eigenvalue weighted by Crippen LogP contribution is -2.50. The lowest BCUT2D eigenvalue weighted by molar-refractivity contribution is -0.138. The maximum atomic E-state index is 13.6. The Balaban J connectivity index is 2.13. The zero-order valence-corrected chi connectivity index (χ0v) is 11.0. The summed E-state index contributed by atoms with van der Waals surface area (Å²) >= 11 is 0. The predicted octanol–water partition coefficient (Wildman–Crippen LogP) is 1.09. The monoisotopic (exact) mass is 280 g/mol. The molecule has 1 aliphatic heterocycles. The summed E-state index contributed by atoms with van der Waals surface area (Å²) in [5.74, 6) is -2.12. The first kappa shape index (κ1) is 14.5. The number of benzene rings is 1. The van der Waals surface area contributed by atoms with Gasteiger partial charge in [-0.15, -0.1) is 0 Å². The number of rotatable bonds is 3. The molecule has 2 rings (SSSR count). The number of carbonyl (C=O) groups is 2. The van der Waals surface area contributed by atoms with Crippen molar-refractivity contribution in [3.8, 4) is 0 Å². The van der Waals surface area contributed by atoms with Crippen LogP contribution in [0.4, 0.5) is 4.39 Å². The van der Waals surface area contributed by atoms with Gasteiger partial charge in [-0.3, -0.25) is 9.59 Å². The van der Waals surface area contributed by atoms with Gasteiger partial charge in [-0.2, -0.15) is 0 Å². The van der Waals surface area contributed by atoms with Crippen molar-refractivity contribution in [1.82, 2.24) is 4.90 Å². The van der Waals surface area contributed by atoms with E-state index in [9.17, 15) is 14.0 Å². The SMILES string of the molecule is NC1CC(CC(=O)O)CN(C(=O)c2ccccc2F)C1. The number of nitrogens with zero attached hydrogens (tertiary/aromatic N) is 1. The van der Waals surface area contributed by atoms with Crippen molar-refractivity contribution < 1.29 is 19.1 Å². The van der Waals surface area contributed by atoms with Crippen LogP contribution < -0.4 is 5.73 Å². The number of hydrogen-bond donors (Lipinski definition) is 2. The molecule has 1 aliphatic rings. The fraction of sp³-hybridized carbons (Fsp3) is 0.429. The summed E-state index contributed by atoms with van der Waals surface area (Å²) < 4.78 is 13.6. The molecular formula is C14H17FN2O3. The van der Waals surface area contributed by atoms with E-state index in [-0.39, 0.29) is 23.9 Å². The predicted molar refractivity (Wildman–Crippen MR) is 70.6 cm³/mol. The molecule has 0 saturated carbocycles. The molecule has 3 N–H and O–H groups in total. The van der Waals surface area contributed by atoms with E-state index >= 15 is 0 Å². The lowest BCUT2D eigenvalue weighted by atomic mass is 9.91. The third-order valence-electron chi connectivity index (χ3n) is 3.42. The molecule has 0 radical (unpaired) electrons. The summed E-state index contributed by atoms with van der Waals surface area (Å²) in [5, 5.41) is 8.83. The Kier molecular flexibility index (Phi) is 4.34. The molecule has 0 aromatic heterocycles. The van der Waals surface area contributed by atoms with Gasteiger partial charge in [0.2, 0.25) is 0 Å². The number of amides is 1. The van der Waals surface area contributed by atoms with Crippen LogP contribution in [0, 0.1) is 11.7 Å². The van der Waals surface area contributed by atoms with E-state index in [1.54, 1.807) is 6.07 Å². The van der Waals surface area contributed by atoms with Crippen molar-refractivity contribution in [2.45, 2.75) is 18.9 Å². The third-order valence-corrected chi connectivity index (χ3v) is 3.42. The number of carboxylic acids is 1. The molecule has 1 aromatic carbocycles. The molecule has 0 spiro atoms. The number of likely N-dealkylation sites (tertiary alicyclic amines) is 1. The van der Waals surface area contributed by atoms with Crippen LogP contribution in [0.2, 0.25) is 0 Å². The van der Waals surface area contributed by atoms with Crippen LogP contribution in [-0.4, -0.2) is 41.0 Å². The summed E-state index contributed by atoms with van der Waals surface area (Å²) in [6, 6.07) is 5.48. The van der Waals surface area contributed by atoms with Crippen molar-refractivity contribution in [1.29, 1.82) is 0 Å². The molecule has 0 aliphatic carbocycles. The minimum atomic E-state index is -0.914. The maximum Gasteiger partial charge on any atom is 0.303 e. The third kappa shape index (κ3) is 3.33. The van der Waals surface area contributed by atoms with Gasteiger partial charge in [-0.05, 0) is 24.5 Å². The summed E-state index contributed by atoms with van der Waals surface area (Å²) in [5.41, 5.74) is 5.86. The van der Waals surface area contributed by atoms with Gasteiger partial charge in [0.05, 0.1) is 5.56 Å². The van der Waals surface area contributed by atoms with Gasteiger partial charge < -0.3 is 15.7 Å². The second kappa shape index (κ2) is 6.00. The minimum Gasteiger partial charge on any atom is -0.481 e. The van der Waals surface area contributed by atoms with Crippen LogP contribution in [0.3, 0.4) is 0 Å². The average molecular weight is 280 g/mol. The van der Waals surface area contributed by atoms with Crippen molar-refractivity contribution in [3.63, 3.8) is 0 Å². The fourth-order valence-corrected chi connectivity index (χ4v) is 2.61. The van der Waals surface area contributed by atoms with Gasteiger partial charge >= 0.3 is 5.97 Å². The summed E-state index contributed by atoms with van der Waals surface area (Å²) in [6.45, 7) is 0.621. The average Bonchev–Trinajstić information content (AvgIpc) is 2.37. The Bertz CT molecular complexity index is 521. The van der Waals surface area contributed by atoms with E-state index in [0.29, 0.717) is 19.5 Å². The van der Waals surface area contributed by atoms with Gasteiger partial charge in [-0.1, -0.05) is 12.1 Å². The van der Waals surface area contributed by atoms with Gasteiger partial charge in [0.15, 0.2) is 0 Å². The van der Waals surface area contributed by atoms with Gasteiger partial charge in [-0.25, -0.2) is 4.39 Å². The summed E-state index contributed by atoms with van der Waals surface area (Å²) in [7, 11) is 0. The summed E-state index contributed by atoms with van der Waals surface area (Å²) in [4.78, 5) is 24.5. The van der Waals surface area contributed by atoms with E-state index in [1.807, 2.05) is 0 Å². The standard InChI is InChI=1S/C14H17FN2O3/c15-12-4-2-1-3-11(12)14(20)17-7-9(6-13(18)19)5-10(16)8-17/h1-4,9-10H,5-8,16H2,(H,18,19). The Labute approximate surface area is 116 Å². The quantitative estimate of drug-likeness (QED) is 0.868. The number of nitrogens with two attached hydrogens (primary N) is 1. The van der Waals surface area contributed by atoms with E-state index in [1.165, 1.54) is 23.1 Å². The smallest absolute Gasteiger partial charge is 0.303 e. The second-order valence-corrected chi connectivity index (χ2v) is 5.15. The van der Waals surface area contributed by atoms with Gasteiger partial charge in [0.1, 0.15) is 5.82 Å². The second-order valence-electron chi connectivity index (χ2n) is 5.15. The Morgan fingerprint density at radius 1 is 1.35 bits per heavy atom. The van der Waals surface area contributed by atoms with Crippen molar-refractivity contribution in [3.05, 3.63) is 35.6 Å². The zero-order valence-electron chi connectivity index (χ0n) is 11.0. The highest BCUT2D eigenvalue weighted by molar-refractivity contribution is 5.94. The molecule has 2 atom stereocenters. The Morgan fingerprint density at radius 3 is 2.70 bits per heavy atom. The van der Waals surface area contributed by atoms with Crippen LogP contribution in [0.15, 0.2) is 24.3 Å². The first-order valence-corrected chi connectivity index (χ1v) is 6.48. The molecular weight excluding hydrogens is 263 g/mol. The number of piperidine rings is 1. The normalized spacial score (nSPS) is 22.6. The van der Waals surface area contributed by atoms with E-state index in [2.05, 4.69) is 0 Å². The van der Waals surface area contributed by atoms with Gasteiger partial charge in [0.25, 0.3) is 5.91 Å². The van der Waals surface area contributed by atoms with Gasteiger partial charge in [0, 0.05) is 25.6 Å². The van der Waals surface area contributed by atoms with E-state index in [4.69, 9.17) is 10.8 Å². The highest BCUT2D eigenvalue weighted by Gasteiger charge is 2.30. The van der Waals surface area contributed by atoms with Crippen molar-refractivity contribution in [2.24, 2.45) is 11.7 Å². The molecule has 2 unspecified atom stereocenters. The molecule has 1 aromatic rings. The van der Waals surface area contributed by atoms with E-state index in [0.717, 1.165) is 0 Å². The number of halogens is 1. The van der Waals surface area contributed by atoms with Crippen LogP contribution >= 0.6 is 0 Å². The molecule has 20 heavy (non-hydrogen) atoms. The van der Waals surface area contributed by atoms with Crippen molar-refractivity contribution >= 4 is 11.9 Å². The van der Waals surface area contributed by atoms with Crippen molar-refractivity contribution in [2.75, 3.05) is 13.1 Å². The lowest BCUT2D eigenvalue weighted by Gasteiger charge is -2.35. The molecule has 1 amide bonds. The molecule has 1 saturated heterocycles. The fourth-order valence-electron chi connectivity index (χ4n) is 2.61. The van der Waals surface area contributed by atoms with Crippen LogP contribution in [0.5, 0.6) is 0 Å². The molecule has 0 bridgehead atoms. The summed E-state index contributed by atoms with van der Waals surface area (Å²) in [6.07, 6.45) is 0.530. The molecule has 5 nitrogen and oxygen atoms in total. The highest BCUT2D eigenvalue weighted by atomic mass is 19.1. The van der Waals surface area contributed by atoms with Crippen LogP contribution in [-0.2, 0) is 4.79 Å². The molecule has 108 valence electrons. The number of carbonyl (C=O) groups excluding carboxylic acids is 1. The Morgan fingerprint density at radius 2 is 2.05 bits per heavy atom. The first-order chi connectivity index (χ1) is 9.47. The largest absolute Gasteiger partial charge is 0.481 e. The first-order valence-electron chi connectivity index (χ1n) is 6.48. The number of hydrogen-bond acceptors (Lipinski definition) is 3. The van der Waals surface area contributed by atoms with Crippen LogP contribution in [0.25, 0.3) is 0 Å². The Hall–Kier alpha value is -1.95. The maximum absolute atomic E-state index is 13.6. The molecule has 1 heterocycles. The zero-order chi connectivity index (χ0) is 14.7. The minimum absolute atomic E-state index is 0.00400. The number of aliphatic carboxylic acids is 1. The van der Waals surface area contributed by atoms with E-state index < -0.39 is 17.7 Å². The molecule has 6 heteroatoms. The number of carboxylic acid groups (broad SMARTS) is 1. The topological polar surface area (TPSA) is 83.6 Å². The van der Waals surface area contributed by atoms with Crippen LogP contribution in [0.1, 0.15) is 23.2 Å². The highest BCUT2D eigenvalue weighted by Crippen LogP contribution is 2.21. The molecule has 1 fully saturated rings.